The predicted octanol–water partition coefficient (Wildman–Crippen LogP) is 4.28. The van der Waals surface area contributed by atoms with Crippen LogP contribution in [0.3, 0.4) is 0 Å². The van der Waals surface area contributed by atoms with Crippen LogP contribution < -0.4 is 0 Å². The maximum absolute atomic E-state index is 11.7. The van der Waals surface area contributed by atoms with Gasteiger partial charge < -0.3 is 9.16 Å². The highest BCUT2D eigenvalue weighted by Crippen LogP contribution is 2.38. The van der Waals surface area contributed by atoms with Crippen molar-refractivity contribution in [2.45, 2.75) is 78.8 Å². The van der Waals surface area contributed by atoms with E-state index in [1.54, 1.807) is 14.0 Å². The van der Waals surface area contributed by atoms with Gasteiger partial charge in [0.1, 0.15) is 11.9 Å². The van der Waals surface area contributed by atoms with Crippen LogP contribution in [0.1, 0.15) is 48.5 Å². The van der Waals surface area contributed by atoms with Gasteiger partial charge in [-0.1, -0.05) is 40.5 Å². The Morgan fingerprint density at radius 3 is 2.00 bits per heavy atom. The van der Waals surface area contributed by atoms with E-state index in [1.807, 2.05) is 13.8 Å². The molecule has 0 rings (SSSR count). The summed E-state index contributed by atoms with van der Waals surface area (Å²) < 4.78 is 12.1. The van der Waals surface area contributed by atoms with E-state index < -0.39 is 8.32 Å². The van der Waals surface area contributed by atoms with E-state index in [-0.39, 0.29) is 34.9 Å². The smallest absolute Gasteiger partial charge is 0.193 e. The van der Waals surface area contributed by atoms with E-state index in [0.717, 1.165) is 0 Å². The lowest BCUT2D eigenvalue weighted by Gasteiger charge is -2.41. The largest absolute Gasteiger partial charge is 0.403 e. The molecule has 4 heteroatoms. The van der Waals surface area contributed by atoms with Gasteiger partial charge in [0, 0.05) is 18.9 Å². The molecule has 0 aromatic heterocycles. The van der Waals surface area contributed by atoms with Gasteiger partial charge >= 0.3 is 0 Å². The average molecular weight is 327 g/mol. The van der Waals surface area contributed by atoms with E-state index in [1.165, 1.54) is 0 Å². The van der Waals surface area contributed by atoms with E-state index >= 15 is 0 Å². The molecule has 0 aliphatic carbocycles. The Hall–Kier alpha value is -0.633. The molecule has 3 nitrogen and oxygen atoms in total. The third-order valence-electron chi connectivity index (χ3n) is 4.92. The first-order chi connectivity index (χ1) is 9.89. The summed E-state index contributed by atoms with van der Waals surface area (Å²) in [5, 5.41) is 0.120. The standard InChI is InChI=1S/C18H34O3Si/c1-11-12-16(21-22(9,10)18(5,6)7)14(3)17(20-8)13(2)15(4)19/h13-14,16-17H,1-10H3/t13-,14?,16?,17+/m1/s1. The molecule has 0 fully saturated rings. The summed E-state index contributed by atoms with van der Waals surface area (Å²) in [5.41, 5.74) is 0. The minimum atomic E-state index is -1.93. The lowest BCUT2D eigenvalue weighted by molar-refractivity contribution is -0.126. The molecule has 22 heavy (non-hydrogen) atoms. The van der Waals surface area contributed by atoms with Gasteiger partial charge in [0.15, 0.2) is 8.32 Å². The summed E-state index contributed by atoms with van der Waals surface area (Å²) in [6.07, 6.45) is -0.397. The molecule has 0 saturated carbocycles. The predicted molar refractivity (Wildman–Crippen MR) is 95.3 cm³/mol. The number of ether oxygens (including phenoxy) is 1. The third kappa shape index (κ3) is 5.53. The molecule has 0 bridgehead atoms. The summed E-state index contributed by atoms with van der Waals surface area (Å²) in [6, 6.07) is 0. The number of hydrogen-bond acceptors (Lipinski definition) is 3. The van der Waals surface area contributed by atoms with E-state index in [4.69, 9.17) is 9.16 Å². The van der Waals surface area contributed by atoms with Crippen molar-refractivity contribution in [2.75, 3.05) is 7.11 Å². The van der Waals surface area contributed by atoms with Gasteiger partial charge in [-0.3, -0.25) is 4.79 Å². The van der Waals surface area contributed by atoms with Gasteiger partial charge in [-0.15, -0.1) is 5.92 Å². The maximum Gasteiger partial charge on any atom is 0.193 e. The van der Waals surface area contributed by atoms with Gasteiger partial charge in [-0.25, -0.2) is 0 Å². The van der Waals surface area contributed by atoms with Crippen molar-refractivity contribution >= 4 is 14.1 Å². The number of ketones is 1. The average Bonchev–Trinajstić information content (AvgIpc) is 2.37. The highest BCUT2D eigenvalue weighted by Gasteiger charge is 2.41. The number of rotatable bonds is 7. The van der Waals surface area contributed by atoms with Gasteiger partial charge in [0.25, 0.3) is 0 Å². The van der Waals surface area contributed by atoms with E-state index in [0.29, 0.717) is 0 Å². The highest BCUT2D eigenvalue weighted by atomic mass is 28.4. The first kappa shape index (κ1) is 21.4. The van der Waals surface area contributed by atoms with Crippen LogP contribution in [0.15, 0.2) is 0 Å². The molecule has 0 aliphatic rings. The molecule has 128 valence electrons. The van der Waals surface area contributed by atoms with Gasteiger partial charge in [-0.05, 0) is 32.0 Å². The monoisotopic (exact) mass is 326 g/mol. The molecular weight excluding hydrogens is 292 g/mol. The van der Waals surface area contributed by atoms with Crippen molar-refractivity contribution in [3.63, 3.8) is 0 Å². The summed E-state index contributed by atoms with van der Waals surface area (Å²) in [6.45, 7) is 18.5. The van der Waals surface area contributed by atoms with Crippen LogP contribution in [-0.2, 0) is 14.0 Å². The van der Waals surface area contributed by atoms with Crippen LogP contribution >= 0.6 is 0 Å². The molecule has 0 aliphatic heterocycles. The van der Waals surface area contributed by atoms with Crippen LogP contribution in [0, 0.1) is 23.7 Å². The minimum absolute atomic E-state index is 0.0328. The Morgan fingerprint density at radius 1 is 1.18 bits per heavy atom. The molecule has 0 aromatic carbocycles. The molecule has 0 amide bonds. The number of carbonyl (C=O) groups is 1. The Bertz CT molecular complexity index is 426. The maximum atomic E-state index is 11.7. The normalized spacial score (nSPS) is 17.9. The zero-order chi connectivity index (χ0) is 17.7. The number of Topliss-reactive ketones (excluding diaryl/α,β-unsaturated/α-hetero) is 1. The second-order valence-corrected chi connectivity index (χ2v) is 12.4. The first-order valence-electron chi connectivity index (χ1n) is 8.02. The van der Waals surface area contributed by atoms with Crippen molar-refractivity contribution in [1.29, 1.82) is 0 Å². The topological polar surface area (TPSA) is 35.5 Å². The Kier molecular flexibility index (Phi) is 8.05. The summed E-state index contributed by atoms with van der Waals surface area (Å²) in [5.74, 6) is 6.17. The fraction of sp³-hybridized carbons (Fsp3) is 0.833. The SMILES string of the molecule is CC#CC(O[Si](C)(C)C(C)(C)C)C(C)[C@@H](OC)[C@H](C)C(C)=O. The third-order valence-corrected chi connectivity index (χ3v) is 9.37. The minimum Gasteiger partial charge on any atom is -0.403 e. The Morgan fingerprint density at radius 2 is 1.68 bits per heavy atom. The van der Waals surface area contributed by atoms with Crippen molar-refractivity contribution in [3.8, 4) is 11.8 Å². The zero-order valence-corrected chi connectivity index (χ0v) is 17.0. The van der Waals surface area contributed by atoms with Crippen LogP contribution in [0.2, 0.25) is 18.1 Å². The summed E-state index contributed by atoms with van der Waals surface area (Å²) in [7, 11) is -0.275. The highest BCUT2D eigenvalue weighted by molar-refractivity contribution is 6.74. The van der Waals surface area contributed by atoms with Crippen molar-refractivity contribution in [1.82, 2.24) is 0 Å². The summed E-state index contributed by atoms with van der Waals surface area (Å²) in [4.78, 5) is 11.7. The lowest BCUT2D eigenvalue weighted by Crippen LogP contribution is -2.48. The van der Waals surface area contributed by atoms with Gasteiger partial charge in [0.2, 0.25) is 0 Å². The van der Waals surface area contributed by atoms with Crippen LogP contribution in [-0.4, -0.2) is 33.4 Å². The molecule has 0 N–H and O–H groups in total. The lowest BCUT2D eigenvalue weighted by atomic mass is 9.87. The number of carbonyl (C=O) groups excluding carboxylic acids is 1. The fourth-order valence-corrected chi connectivity index (χ4v) is 3.44. The second-order valence-electron chi connectivity index (χ2n) is 7.65. The Labute approximate surface area is 138 Å². The van der Waals surface area contributed by atoms with Crippen molar-refractivity contribution in [2.24, 2.45) is 11.8 Å². The van der Waals surface area contributed by atoms with Crippen molar-refractivity contribution < 1.29 is 14.0 Å². The molecule has 2 unspecified atom stereocenters. The molecular formula is C18H34O3Si. The summed E-state index contributed by atoms with van der Waals surface area (Å²) >= 11 is 0. The molecule has 0 radical (unpaired) electrons. The molecule has 0 spiro atoms. The molecule has 0 heterocycles. The van der Waals surface area contributed by atoms with Crippen LogP contribution in [0.25, 0.3) is 0 Å². The number of hydrogen-bond donors (Lipinski definition) is 0. The van der Waals surface area contributed by atoms with Crippen LogP contribution in [0.5, 0.6) is 0 Å². The molecule has 0 saturated heterocycles. The molecule has 4 atom stereocenters. The quantitative estimate of drug-likeness (QED) is 0.517. The van der Waals surface area contributed by atoms with Crippen molar-refractivity contribution in [3.05, 3.63) is 0 Å². The first-order valence-corrected chi connectivity index (χ1v) is 10.9. The fourth-order valence-electron chi connectivity index (χ4n) is 2.18. The van der Waals surface area contributed by atoms with Crippen LogP contribution in [0.4, 0.5) is 0 Å². The number of methoxy groups -OCH3 is 1. The second kappa shape index (κ2) is 8.28. The Balaban J connectivity index is 5.39. The molecule has 0 aromatic rings. The van der Waals surface area contributed by atoms with Gasteiger partial charge in [-0.2, -0.15) is 0 Å². The van der Waals surface area contributed by atoms with E-state index in [9.17, 15) is 4.79 Å². The van der Waals surface area contributed by atoms with Gasteiger partial charge in [0.05, 0.1) is 6.10 Å². The zero-order valence-electron chi connectivity index (χ0n) is 16.0. The van der Waals surface area contributed by atoms with E-state index in [2.05, 4.69) is 52.6 Å².